The van der Waals surface area contributed by atoms with Crippen LogP contribution in [0.25, 0.3) is 0 Å². The lowest BCUT2D eigenvalue weighted by atomic mass is 10.2. The number of nitrogens with two attached hydrogens (primary N) is 1. The number of methoxy groups -OCH3 is 3. The fraction of sp³-hybridized carbons (Fsp3) is 0.850. The average molecular weight is 446 g/mol. The Morgan fingerprint density at radius 1 is 0.742 bits per heavy atom. The number of hydrogen-bond donors (Lipinski definition) is 1. The first-order valence-corrected chi connectivity index (χ1v) is 10.7. The van der Waals surface area contributed by atoms with E-state index in [0.717, 1.165) is 19.6 Å². The topological polar surface area (TPSA) is 118 Å². The minimum Gasteiger partial charge on any atom is -0.468 e. The molecule has 1 atom stereocenters. The summed E-state index contributed by atoms with van der Waals surface area (Å²) in [6, 6.07) is -0.597. The zero-order chi connectivity index (χ0) is 23.2. The SMILES string of the molecule is CCN1CCN(CC(=O)OC)CCN(C(CN)C(=O)OC)CCN(CC(=O)OC)CC1. The van der Waals surface area contributed by atoms with Crippen LogP contribution in [0.3, 0.4) is 0 Å². The Balaban J connectivity index is 3.03. The molecular weight excluding hydrogens is 406 g/mol. The van der Waals surface area contributed by atoms with Crippen LogP contribution in [0, 0.1) is 0 Å². The van der Waals surface area contributed by atoms with Crippen LogP contribution in [0.2, 0.25) is 0 Å². The number of ether oxygens (including phenoxy) is 3. The predicted octanol–water partition coefficient (Wildman–Crippen LogP) is -1.93. The van der Waals surface area contributed by atoms with Gasteiger partial charge in [0.25, 0.3) is 0 Å². The van der Waals surface area contributed by atoms with E-state index in [4.69, 9.17) is 19.9 Å². The molecule has 11 heteroatoms. The van der Waals surface area contributed by atoms with E-state index in [1.807, 2.05) is 14.7 Å². The van der Waals surface area contributed by atoms with E-state index in [2.05, 4.69) is 11.8 Å². The van der Waals surface area contributed by atoms with Gasteiger partial charge in [0.2, 0.25) is 0 Å². The summed E-state index contributed by atoms with van der Waals surface area (Å²) in [7, 11) is 4.09. The summed E-state index contributed by atoms with van der Waals surface area (Å²) in [5, 5.41) is 0. The maximum atomic E-state index is 12.3. The molecule has 0 spiro atoms. The molecule has 11 nitrogen and oxygen atoms in total. The second-order valence-corrected chi connectivity index (χ2v) is 7.45. The van der Waals surface area contributed by atoms with Gasteiger partial charge in [-0.05, 0) is 6.54 Å². The number of carbonyl (C=O) groups is 3. The second kappa shape index (κ2) is 15.1. The molecular formula is C20H39N5O6. The van der Waals surface area contributed by atoms with Gasteiger partial charge in [-0.25, -0.2) is 0 Å². The normalized spacial score (nSPS) is 19.6. The van der Waals surface area contributed by atoms with E-state index in [9.17, 15) is 14.4 Å². The highest BCUT2D eigenvalue weighted by molar-refractivity contribution is 5.76. The Labute approximate surface area is 185 Å². The average Bonchev–Trinajstić information content (AvgIpc) is 2.78. The fourth-order valence-electron chi connectivity index (χ4n) is 3.52. The lowest BCUT2D eigenvalue weighted by Gasteiger charge is -2.35. The van der Waals surface area contributed by atoms with Crippen molar-refractivity contribution in [2.75, 3.05) is 99.9 Å². The molecule has 0 amide bonds. The molecule has 31 heavy (non-hydrogen) atoms. The molecule has 1 aliphatic rings. The van der Waals surface area contributed by atoms with Crippen LogP contribution in [0.15, 0.2) is 0 Å². The molecule has 1 fully saturated rings. The molecule has 1 unspecified atom stereocenters. The minimum absolute atomic E-state index is 0.115. The van der Waals surface area contributed by atoms with Crippen molar-refractivity contribution in [1.29, 1.82) is 0 Å². The third kappa shape index (κ3) is 9.92. The first kappa shape index (κ1) is 27.2. The van der Waals surface area contributed by atoms with Crippen LogP contribution in [-0.4, -0.2) is 143 Å². The molecule has 1 saturated heterocycles. The third-order valence-electron chi connectivity index (χ3n) is 5.62. The molecule has 1 rings (SSSR count). The van der Waals surface area contributed by atoms with Crippen molar-refractivity contribution in [2.45, 2.75) is 13.0 Å². The van der Waals surface area contributed by atoms with Gasteiger partial charge in [0.05, 0.1) is 34.4 Å². The van der Waals surface area contributed by atoms with Crippen LogP contribution in [0.5, 0.6) is 0 Å². The lowest BCUT2D eigenvalue weighted by Crippen LogP contribution is -2.53. The molecule has 0 aliphatic carbocycles. The van der Waals surface area contributed by atoms with Gasteiger partial charge in [0, 0.05) is 58.9 Å². The molecule has 0 aromatic carbocycles. The minimum atomic E-state index is -0.597. The van der Waals surface area contributed by atoms with Crippen LogP contribution < -0.4 is 5.73 Å². The molecule has 2 N–H and O–H groups in total. The number of hydrogen-bond acceptors (Lipinski definition) is 11. The largest absolute Gasteiger partial charge is 0.468 e. The highest BCUT2D eigenvalue weighted by Crippen LogP contribution is 2.06. The Hall–Kier alpha value is -1.79. The summed E-state index contributed by atoms with van der Waals surface area (Å²) >= 11 is 0. The third-order valence-corrected chi connectivity index (χ3v) is 5.62. The first-order chi connectivity index (χ1) is 14.9. The van der Waals surface area contributed by atoms with Gasteiger partial charge in [-0.15, -0.1) is 0 Å². The zero-order valence-corrected chi connectivity index (χ0v) is 19.4. The predicted molar refractivity (Wildman–Crippen MR) is 115 cm³/mol. The van der Waals surface area contributed by atoms with E-state index in [-0.39, 0.29) is 31.6 Å². The van der Waals surface area contributed by atoms with Crippen molar-refractivity contribution in [1.82, 2.24) is 19.6 Å². The lowest BCUT2D eigenvalue weighted by molar-refractivity contribution is -0.148. The summed E-state index contributed by atoms with van der Waals surface area (Å²) in [6.07, 6.45) is 0. The van der Waals surface area contributed by atoms with E-state index >= 15 is 0 Å². The van der Waals surface area contributed by atoms with Crippen LogP contribution in [0.4, 0.5) is 0 Å². The summed E-state index contributed by atoms with van der Waals surface area (Å²) < 4.78 is 14.6. The number of rotatable bonds is 8. The van der Waals surface area contributed by atoms with E-state index in [1.54, 1.807) is 0 Å². The van der Waals surface area contributed by atoms with E-state index in [0.29, 0.717) is 39.3 Å². The number of nitrogens with zero attached hydrogens (tertiary/aromatic N) is 4. The van der Waals surface area contributed by atoms with Crippen LogP contribution in [-0.2, 0) is 28.6 Å². The standard InChI is InChI=1S/C20H39N5O6/c1-5-22-6-8-23(15-18(26)29-2)10-12-25(17(14-21)20(28)31-4)13-11-24(9-7-22)16-19(27)30-3/h17H,5-16,21H2,1-4H3. The van der Waals surface area contributed by atoms with Crippen molar-refractivity contribution in [3.63, 3.8) is 0 Å². The van der Waals surface area contributed by atoms with Crippen molar-refractivity contribution in [3.05, 3.63) is 0 Å². The monoisotopic (exact) mass is 445 g/mol. The smallest absolute Gasteiger partial charge is 0.324 e. The Kier molecular flexibility index (Phi) is 13.3. The Bertz CT molecular complexity index is 530. The van der Waals surface area contributed by atoms with Gasteiger partial charge in [0.1, 0.15) is 6.04 Å². The molecule has 0 aromatic rings. The first-order valence-electron chi connectivity index (χ1n) is 10.7. The van der Waals surface area contributed by atoms with Gasteiger partial charge in [-0.3, -0.25) is 29.1 Å². The quantitative estimate of drug-likeness (QED) is 0.332. The maximum absolute atomic E-state index is 12.3. The fourth-order valence-corrected chi connectivity index (χ4v) is 3.52. The number of carbonyl (C=O) groups excluding carboxylic acids is 3. The highest BCUT2D eigenvalue weighted by Gasteiger charge is 2.27. The molecule has 0 radical (unpaired) electrons. The van der Waals surface area contributed by atoms with E-state index in [1.165, 1.54) is 21.3 Å². The van der Waals surface area contributed by atoms with Gasteiger partial charge < -0.3 is 24.8 Å². The Morgan fingerprint density at radius 2 is 1.16 bits per heavy atom. The highest BCUT2D eigenvalue weighted by atomic mass is 16.5. The maximum Gasteiger partial charge on any atom is 0.324 e. The van der Waals surface area contributed by atoms with Crippen LogP contribution in [0.1, 0.15) is 6.92 Å². The van der Waals surface area contributed by atoms with Gasteiger partial charge in [-0.2, -0.15) is 0 Å². The number of esters is 3. The van der Waals surface area contributed by atoms with Crippen molar-refractivity contribution in [3.8, 4) is 0 Å². The summed E-state index contributed by atoms with van der Waals surface area (Å²) in [6.45, 7) is 8.51. The van der Waals surface area contributed by atoms with Crippen LogP contribution >= 0.6 is 0 Å². The summed E-state index contributed by atoms with van der Waals surface area (Å²) in [5.74, 6) is -0.991. The summed E-state index contributed by atoms with van der Waals surface area (Å²) in [4.78, 5) is 44.3. The van der Waals surface area contributed by atoms with Gasteiger partial charge >= 0.3 is 17.9 Å². The second-order valence-electron chi connectivity index (χ2n) is 7.45. The van der Waals surface area contributed by atoms with Crippen molar-refractivity contribution in [2.24, 2.45) is 5.73 Å². The van der Waals surface area contributed by atoms with Gasteiger partial charge in [0.15, 0.2) is 0 Å². The van der Waals surface area contributed by atoms with Crippen molar-refractivity contribution < 1.29 is 28.6 Å². The molecule has 0 saturated carbocycles. The van der Waals surface area contributed by atoms with Crippen molar-refractivity contribution >= 4 is 17.9 Å². The summed E-state index contributed by atoms with van der Waals surface area (Å²) in [5.41, 5.74) is 5.88. The molecule has 1 aliphatic heterocycles. The number of likely N-dealkylation sites (N-methyl/N-ethyl adjacent to an activating group) is 1. The van der Waals surface area contributed by atoms with Gasteiger partial charge in [-0.1, -0.05) is 6.92 Å². The molecule has 180 valence electrons. The molecule has 0 aromatic heterocycles. The molecule has 1 heterocycles. The molecule has 0 bridgehead atoms. The van der Waals surface area contributed by atoms with E-state index < -0.39 is 12.0 Å². The Morgan fingerprint density at radius 3 is 1.52 bits per heavy atom. The zero-order valence-electron chi connectivity index (χ0n) is 19.4.